The van der Waals surface area contributed by atoms with E-state index in [9.17, 15) is 0 Å². The average Bonchev–Trinajstić information content (AvgIpc) is 3.45. The van der Waals surface area contributed by atoms with Gasteiger partial charge in [-0.1, -0.05) is 83.7 Å². The van der Waals surface area contributed by atoms with Crippen LogP contribution in [0.1, 0.15) is 68.5 Å². The zero-order chi connectivity index (χ0) is 29.9. The fourth-order valence-corrected chi connectivity index (χ4v) is 10.0. The molecule has 2 heterocycles. The molecule has 8 rings (SSSR count). The Balaban J connectivity index is 0.000000167. The molecule has 240 valence electrons. The van der Waals surface area contributed by atoms with E-state index in [0.29, 0.717) is 35.8 Å². The predicted molar refractivity (Wildman–Crippen MR) is 186 cm³/mol. The lowest BCUT2D eigenvalue weighted by Crippen LogP contribution is -2.56. The molecule has 4 aliphatic carbocycles. The van der Waals surface area contributed by atoms with E-state index in [4.69, 9.17) is 9.47 Å². The SMILES string of the molecule is C.Cc1ccc2c3c1O[C@H]1[C@@H](C)C=CC([C@H](N(C)C)C2)[C@@]31C.Cc1ccc2c3c1O[C@H]1[C@@H](C)C=CC([C@H](N(C)C)C2)[C@@]31C.Cl. The number of halogens is 1. The number of aryl methyl sites for hydroxylation is 2. The molecule has 4 nitrogen and oxygen atoms in total. The third-order valence-electron chi connectivity index (χ3n) is 12.2. The lowest BCUT2D eigenvalue weighted by Gasteiger charge is -2.50. The van der Waals surface area contributed by atoms with Gasteiger partial charge < -0.3 is 19.3 Å². The van der Waals surface area contributed by atoms with Crippen LogP contribution >= 0.6 is 12.4 Å². The number of likely N-dealkylation sites (N-methyl/N-ethyl adjacent to an activating group) is 2. The van der Waals surface area contributed by atoms with Gasteiger partial charge in [-0.15, -0.1) is 12.4 Å². The van der Waals surface area contributed by atoms with E-state index in [0.717, 1.165) is 12.8 Å². The minimum atomic E-state index is 0. The van der Waals surface area contributed by atoms with Crippen LogP contribution in [0.25, 0.3) is 0 Å². The minimum absolute atomic E-state index is 0. The molecule has 44 heavy (non-hydrogen) atoms. The van der Waals surface area contributed by atoms with Crippen LogP contribution in [0.15, 0.2) is 48.6 Å². The molecule has 2 aliphatic heterocycles. The Morgan fingerprint density at radius 3 is 1.34 bits per heavy atom. The smallest absolute Gasteiger partial charge is 0.126 e. The Kier molecular flexibility index (Phi) is 8.43. The first-order chi connectivity index (χ1) is 19.9. The van der Waals surface area contributed by atoms with E-state index in [2.05, 4.69) is 128 Å². The zero-order valence-corrected chi connectivity index (χ0v) is 28.6. The molecule has 2 aromatic rings. The summed E-state index contributed by atoms with van der Waals surface area (Å²) < 4.78 is 13.0. The standard InChI is InChI=1S/2C19H25NO.CH4.ClH/c2*1-11-6-8-13-10-15(20(4)5)14-9-7-12(2)18-19(14,3)16(13)17(11)21-18;;/h2*6-9,12,14-15,18H,10H2,1-5H3;1H4;1H/t2*12-,14?,15+,18-,19-;;/m00../s1. The molecule has 0 bridgehead atoms. The van der Waals surface area contributed by atoms with Gasteiger partial charge in [-0.05, 0) is 77.1 Å². The van der Waals surface area contributed by atoms with Gasteiger partial charge in [-0.2, -0.15) is 0 Å². The van der Waals surface area contributed by atoms with Gasteiger partial charge >= 0.3 is 0 Å². The van der Waals surface area contributed by atoms with E-state index in [1.54, 1.807) is 0 Å². The van der Waals surface area contributed by atoms with Gasteiger partial charge in [0.15, 0.2) is 0 Å². The van der Waals surface area contributed by atoms with Crippen LogP contribution in [0.2, 0.25) is 0 Å². The Morgan fingerprint density at radius 2 is 1.00 bits per heavy atom. The lowest BCUT2D eigenvalue weighted by atomic mass is 9.56. The van der Waals surface area contributed by atoms with E-state index in [1.807, 2.05) is 0 Å². The highest BCUT2D eigenvalue weighted by atomic mass is 35.5. The number of rotatable bonds is 2. The number of hydrogen-bond acceptors (Lipinski definition) is 4. The van der Waals surface area contributed by atoms with Crippen LogP contribution in [0.5, 0.6) is 11.5 Å². The number of hydrogen-bond donors (Lipinski definition) is 0. The molecule has 0 saturated heterocycles. The van der Waals surface area contributed by atoms with Crippen molar-refractivity contribution in [1.29, 1.82) is 0 Å². The van der Waals surface area contributed by atoms with E-state index >= 15 is 0 Å². The molecular weight excluding hydrogens is 564 g/mol. The summed E-state index contributed by atoms with van der Waals surface area (Å²) in [5.41, 5.74) is 8.84. The number of benzene rings is 2. The summed E-state index contributed by atoms with van der Waals surface area (Å²) in [6.07, 6.45) is 12.5. The Labute approximate surface area is 273 Å². The highest BCUT2D eigenvalue weighted by Crippen LogP contribution is 2.60. The summed E-state index contributed by atoms with van der Waals surface area (Å²) in [5.74, 6) is 4.41. The van der Waals surface area contributed by atoms with Crippen molar-refractivity contribution in [2.24, 2.45) is 23.7 Å². The maximum absolute atomic E-state index is 6.51. The summed E-state index contributed by atoms with van der Waals surface area (Å²) in [6, 6.07) is 10.3. The summed E-state index contributed by atoms with van der Waals surface area (Å²) >= 11 is 0. The molecule has 6 aliphatic rings. The second-order valence-electron chi connectivity index (χ2n) is 15.1. The second kappa shape index (κ2) is 11.2. The number of ether oxygens (including phenoxy) is 2. The third kappa shape index (κ3) is 4.30. The first-order valence-corrected chi connectivity index (χ1v) is 16.2. The van der Waals surface area contributed by atoms with Crippen molar-refractivity contribution in [3.05, 3.63) is 82.0 Å². The Hall–Kier alpha value is -2.27. The molecule has 2 aromatic carbocycles. The van der Waals surface area contributed by atoms with Gasteiger partial charge in [-0.25, -0.2) is 0 Å². The van der Waals surface area contributed by atoms with Crippen molar-refractivity contribution in [3.63, 3.8) is 0 Å². The largest absolute Gasteiger partial charge is 0.488 e. The molecule has 10 atom stereocenters. The van der Waals surface area contributed by atoms with Gasteiger partial charge in [0.05, 0.1) is 0 Å². The third-order valence-corrected chi connectivity index (χ3v) is 12.2. The predicted octanol–water partition coefficient (Wildman–Crippen LogP) is 7.70. The van der Waals surface area contributed by atoms with Crippen molar-refractivity contribution in [2.75, 3.05) is 28.2 Å². The van der Waals surface area contributed by atoms with Crippen LogP contribution in [0.4, 0.5) is 0 Å². The minimum Gasteiger partial charge on any atom is -0.488 e. The van der Waals surface area contributed by atoms with Crippen LogP contribution in [0.3, 0.4) is 0 Å². The normalized spacial score (nSPS) is 37.5. The van der Waals surface area contributed by atoms with E-state index < -0.39 is 0 Å². The highest BCUT2D eigenvalue weighted by molar-refractivity contribution is 5.85. The highest BCUT2D eigenvalue weighted by Gasteiger charge is 2.60. The fraction of sp³-hybridized carbons (Fsp3) is 0.590. The zero-order valence-electron chi connectivity index (χ0n) is 27.8. The molecule has 5 heteroatoms. The first kappa shape index (κ1) is 33.1. The van der Waals surface area contributed by atoms with Crippen LogP contribution in [-0.4, -0.2) is 62.3 Å². The second-order valence-corrected chi connectivity index (χ2v) is 15.1. The Bertz CT molecular complexity index is 1380. The maximum Gasteiger partial charge on any atom is 0.126 e. The van der Waals surface area contributed by atoms with Crippen LogP contribution in [0, 0.1) is 37.5 Å². The topological polar surface area (TPSA) is 24.9 Å². The van der Waals surface area contributed by atoms with Gasteiger partial charge in [-0.3, -0.25) is 0 Å². The van der Waals surface area contributed by atoms with Gasteiger partial charge in [0, 0.05) is 57.7 Å². The van der Waals surface area contributed by atoms with Gasteiger partial charge in [0.1, 0.15) is 23.7 Å². The first-order valence-electron chi connectivity index (χ1n) is 16.2. The average molecular weight is 619 g/mol. The molecule has 0 saturated carbocycles. The van der Waals surface area contributed by atoms with Crippen molar-refractivity contribution < 1.29 is 9.47 Å². The molecule has 0 spiro atoms. The van der Waals surface area contributed by atoms with E-state index in [1.165, 1.54) is 44.9 Å². The molecule has 0 radical (unpaired) electrons. The molecule has 0 N–H and O–H groups in total. The van der Waals surface area contributed by atoms with E-state index in [-0.39, 0.29) is 42.9 Å². The summed E-state index contributed by atoms with van der Waals surface area (Å²) in [7, 11) is 8.85. The maximum atomic E-state index is 6.51. The summed E-state index contributed by atoms with van der Waals surface area (Å²) in [6.45, 7) is 13.8. The van der Waals surface area contributed by atoms with Crippen molar-refractivity contribution in [2.45, 2.75) is 96.9 Å². The molecule has 0 fully saturated rings. The van der Waals surface area contributed by atoms with Crippen molar-refractivity contribution in [1.82, 2.24) is 9.80 Å². The van der Waals surface area contributed by atoms with Crippen molar-refractivity contribution >= 4 is 12.4 Å². The van der Waals surface area contributed by atoms with Gasteiger partial charge in [0.25, 0.3) is 0 Å². The quantitative estimate of drug-likeness (QED) is 0.322. The fourth-order valence-electron chi connectivity index (χ4n) is 10.0. The molecular formula is C39H55ClN2O2. The van der Waals surface area contributed by atoms with Crippen LogP contribution < -0.4 is 9.47 Å². The summed E-state index contributed by atoms with van der Waals surface area (Å²) in [4.78, 5) is 4.79. The van der Waals surface area contributed by atoms with Crippen molar-refractivity contribution in [3.8, 4) is 11.5 Å². The summed E-state index contributed by atoms with van der Waals surface area (Å²) in [5, 5.41) is 0. The molecule has 0 amide bonds. The van der Waals surface area contributed by atoms with Crippen LogP contribution in [-0.2, 0) is 23.7 Å². The monoisotopic (exact) mass is 618 g/mol. The molecule has 0 aromatic heterocycles. The van der Waals surface area contributed by atoms with Gasteiger partial charge in [0.2, 0.25) is 0 Å². The Morgan fingerprint density at radius 1 is 0.636 bits per heavy atom. The number of nitrogens with zero attached hydrogens (tertiary/aromatic N) is 2. The molecule has 2 unspecified atom stereocenters. The lowest BCUT2D eigenvalue weighted by molar-refractivity contribution is 0.0464.